The Balaban J connectivity index is 1.28. The lowest BCUT2D eigenvalue weighted by atomic mass is 10.1. The molecule has 5 rings (SSSR count). The number of carbonyl (C=O) groups excluding carboxylic acids is 2. The third-order valence-corrected chi connectivity index (χ3v) is 8.18. The van der Waals surface area contributed by atoms with Gasteiger partial charge in [-0.3, -0.25) is 9.59 Å². The van der Waals surface area contributed by atoms with Crippen molar-refractivity contribution in [2.45, 2.75) is 10.1 Å². The van der Waals surface area contributed by atoms with Gasteiger partial charge in [0.25, 0.3) is 5.91 Å². The van der Waals surface area contributed by atoms with Gasteiger partial charge in [-0.1, -0.05) is 36.4 Å². The first-order valence-electron chi connectivity index (χ1n) is 12.7. The van der Waals surface area contributed by atoms with E-state index in [2.05, 4.69) is 15.6 Å². The molecule has 0 saturated heterocycles. The van der Waals surface area contributed by atoms with E-state index in [0.29, 0.717) is 22.1 Å². The number of anilines is 2. The number of benzene rings is 4. The van der Waals surface area contributed by atoms with E-state index in [9.17, 15) is 9.59 Å². The molecule has 0 aliphatic rings. The van der Waals surface area contributed by atoms with Crippen LogP contribution in [0.25, 0.3) is 11.3 Å². The second-order valence-electron chi connectivity index (χ2n) is 8.87. The fraction of sp³-hybridized carbons (Fsp3) is 0.0938. The summed E-state index contributed by atoms with van der Waals surface area (Å²) in [6, 6.07) is 31.6. The standard InChI is InChI=1S/C32H27N3O4S2/c1-38-25-15-11-21(12-16-25)28-20-40-32(34-28)35-31(37)29(22-7-4-3-5-8-22)41-27-17-13-24(14-18-27)33-30(36)23-9-6-10-26(19-23)39-2/h3-20,29H,1-2H3,(H,33,36)(H,34,35,37). The van der Waals surface area contributed by atoms with Crippen molar-refractivity contribution in [1.82, 2.24) is 4.98 Å². The molecule has 0 radical (unpaired) electrons. The Kier molecular flexibility index (Phi) is 8.98. The van der Waals surface area contributed by atoms with Crippen molar-refractivity contribution in [3.63, 3.8) is 0 Å². The Morgan fingerprint density at radius 1 is 0.805 bits per heavy atom. The number of hydrogen-bond acceptors (Lipinski definition) is 7. The molecule has 7 nitrogen and oxygen atoms in total. The van der Waals surface area contributed by atoms with Crippen molar-refractivity contribution < 1.29 is 19.1 Å². The van der Waals surface area contributed by atoms with E-state index >= 15 is 0 Å². The number of nitrogens with one attached hydrogen (secondary N) is 2. The highest BCUT2D eigenvalue weighted by Gasteiger charge is 2.23. The predicted molar refractivity (Wildman–Crippen MR) is 165 cm³/mol. The summed E-state index contributed by atoms with van der Waals surface area (Å²) in [6.07, 6.45) is 0. The van der Waals surface area contributed by atoms with Gasteiger partial charge in [-0.05, 0) is 72.3 Å². The van der Waals surface area contributed by atoms with Gasteiger partial charge in [0.05, 0.1) is 19.9 Å². The summed E-state index contributed by atoms with van der Waals surface area (Å²) in [5.41, 5.74) is 3.74. The maximum Gasteiger partial charge on any atom is 0.255 e. The molecule has 41 heavy (non-hydrogen) atoms. The molecule has 1 unspecified atom stereocenters. The highest BCUT2D eigenvalue weighted by molar-refractivity contribution is 8.00. The van der Waals surface area contributed by atoms with E-state index in [4.69, 9.17) is 9.47 Å². The second kappa shape index (κ2) is 13.2. The molecule has 4 aromatic carbocycles. The Morgan fingerprint density at radius 3 is 2.24 bits per heavy atom. The molecule has 2 N–H and O–H groups in total. The van der Waals surface area contributed by atoms with Gasteiger partial charge in [0, 0.05) is 27.1 Å². The van der Waals surface area contributed by atoms with Crippen LogP contribution in [0.3, 0.4) is 0 Å². The monoisotopic (exact) mass is 581 g/mol. The van der Waals surface area contributed by atoms with Crippen molar-refractivity contribution >= 4 is 45.7 Å². The maximum absolute atomic E-state index is 13.5. The number of amides is 2. The first-order chi connectivity index (χ1) is 20.0. The molecule has 0 bridgehead atoms. The van der Waals surface area contributed by atoms with Crippen LogP contribution in [-0.2, 0) is 4.79 Å². The molecular weight excluding hydrogens is 555 g/mol. The van der Waals surface area contributed by atoms with E-state index in [0.717, 1.165) is 27.5 Å². The van der Waals surface area contributed by atoms with Gasteiger partial charge < -0.3 is 20.1 Å². The minimum Gasteiger partial charge on any atom is -0.497 e. The molecule has 5 aromatic rings. The number of rotatable bonds is 10. The van der Waals surface area contributed by atoms with Gasteiger partial charge in [0.2, 0.25) is 5.91 Å². The Labute approximate surface area is 246 Å². The number of thioether (sulfide) groups is 1. The molecule has 1 heterocycles. The van der Waals surface area contributed by atoms with Crippen LogP contribution in [0.1, 0.15) is 21.2 Å². The summed E-state index contributed by atoms with van der Waals surface area (Å²) in [6.45, 7) is 0. The van der Waals surface area contributed by atoms with Crippen LogP contribution < -0.4 is 20.1 Å². The van der Waals surface area contributed by atoms with E-state index in [1.165, 1.54) is 23.1 Å². The third kappa shape index (κ3) is 7.13. The molecule has 206 valence electrons. The lowest BCUT2D eigenvalue weighted by Crippen LogP contribution is -2.19. The second-order valence-corrected chi connectivity index (χ2v) is 10.9. The Hall–Kier alpha value is -4.60. The molecule has 0 aliphatic heterocycles. The fourth-order valence-corrected chi connectivity index (χ4v) is 5.76. The van der Waals surface area contributed by atoms with Crippen LogP contribution in [0, 0.1) is 0 Å². The highest BCUT2D eigenvalue weighted by Crippen LogP contribution is 2.37. The number of methoxy groups -OCH3 is 2. The molecule has 9 heteroatoms. The van der Waals surface area contributed by atoms with Gasteiger partial charge in [-0.2, -0.15) is 0 Å². The first-order valence-corrected chi connectivity index (χ1v) is 14.5. The SMILES string of the molecule is COc1ccc(-c2csc(NC(=O)C(Sc3ccc(NC(=O)c4cccc(OC)c4)cc3)c3ccccc3)n2)cc1. The number of carbonyl (C=O) groups is 2. The maximum atomic E-state index is 13.5. The van der Waals surface area contributed by atoms with Crippen LogP contribution in [0.5, 0.6) is 11.5 Å². The minimum absolute atomic E-state index is 0.174. The topological polar surface area (TPSA) is 89.6 Å². The molecule has 0 saturated carbocycles. The third-order valence-electron chi connectivity index (χ3n) is 6.16. The van der Waals surface area contributed by atoms with E-state index in [1.807, 2.05) is 84.2 Å². The highest BCUT2D eigenvalue weighted by atomic mass is 32.2. The van der Waals surface area contributed by atoms with Crippen LogP contribution in [0.15, 0.2) is 113 Å². The van der Waals surface area contributed by atoms with Gasteiger partial charge in [0.1, 0.15) is 16.7 Å². The molecule has 0 fully saturated rings. The van der Waals surface area contributed by atoms with Gasteiger partial charge >= 0.3 is 0 Å². The number of aromatic nitrogens is 1. The number of ether oxygens (including phenoxy) is 2. The van der Waals surface area contributed by atoms with Crippen molar-refractivity contribution in [2.75, 3.05) is 24.9 Å². The summed E-state index contributed by atoms with van der Waals surface area (Å²) in [5, 5.41) is 7.83. The van der Waals surface area contributed by atoms with Crippen LogP contribution in [-0.4, -0.2) is 31.0 Å². The Bertz CT molecular complexity index is 1620. The molecule has 0 spiro atoms. The molecule has 1 aromatic heterocycles. The van der Waals surface area contributed by atoms with Crippen molar-refractivity contribution in [1.29, 1.82) is 0 Å². The van der Waals surface area contributed by atoms with E-state index in [-0.39, 0.29) is 11.8 Å². The summed E-state index contributed by atoms with van der Waals surface area (Å²) in [7, 11) is 3.19. The van der Waals surface area contributed by atoms with Gasteiger partial charge in [-0.25, -0.2) is 4.98 Å². The average molecular weight is 582 g/mol. The van der Waals surface area contributed by atoms with E-state index in [1.54, 1.807) is 38.5 Å². The summed E-state index contributed by atoms with van der Waals surface area (Å²) in [5.74, 6) is 0.979. The number of thiazole rings is 1. The van der Waals surface area contributed by atoms with Crippen LogP contribution >= 0.6 is 23.1 Å². The molecule has 1 atom stereocenters. The molecule has 0 aliphatic carbocycles. The summed E-state index contributed by atoms with van der Waals surface area (Å²) in [4.78, 5) is 31.7. The van der Waals surface area contributed by atoms with Crippen LogP contribution in [0.4, 0.5) is 10.8 Å². The van der Waals surface area contributed by atoms with Crippen LogP contribution in [0.2, 0.25) is 0 Å². The summed E-state index contributed by atoms with van der Waals surface area (Å²) < 4.78 is 10.4. The Morgan fingerprint density at radius 2 is 1.54 bits per heavy atom. The number of nitrogens with zero attached hydrogens (tertiary/aromatic N) is 1. The zero-order chi connectivity index (χ0) is 28.6. The molecular formula is C32H27N3O4S2. The van der Waals surface area contributed by atoms with Gasteiger partial charge in [0.15, 0.2) is 5.13 Å². The normalized spacial score (nSPS) is 11.4. The average Bonchev–Trinajstić information content (AvgIpc) is 3.49. The lowest BCUT2D eigenvalue weighted by Gasteiger charge is -2.16. The quantitative estimate of drug-likeness (QED) is 0.166. The minimum atomic E-state index is -0.512. The first kappa shape index (κ1) is 27.9. The van der Waals surface area contributed by atoms with Crippen molar-refractivity contribution in [3.8, 4) is 22.8 Å². The van der Waals surface area contributed by atoms with E-state index < -0.39 is 5.25 Å². The zero-order valence-corrected chi connectivity index (χ0v) is 24.0. The van der Waals surface area contributed by atoms with Gasteiger partial charge in [-0.15, -0.1) is 23.1 Å². The summed E-state index contributed by atoms with van der Waals surface area (Å²) >= 11 is 2.80. The lowest BCUT2D eigenvalue weighted by molar-refractivity contribution is -0.115. The molecule has 2 amide bonds. The zero-order valence-electron chi connectivity index (χ0n) is 22.4. The fourth-order valence-electron chi connectivity index (χ4n) is 4.02. The van der Waals surface area contributed by atoms with Crippen molar-refractivity contribution in [2.24, 2.45) is 0 Å². The largest absolute Gasteiger partial charge is 0.497 e. The predicted octanol–water partition coefficient (Wildman–Crippen LogP) is 7.55. The van der Waals surface area contributed by atoms with Crippen molar-refractivity contribution in [3.05, 3.63) is 120 Å². The number of hydrogen-bond donors (Lipinski definition) is 2. The smallest absolute Gasteiger partial charge is 0.255 e.